The molecule has 27 heavy (non-hydrogen) atoms. The first-order valence-corrected chi connectivity index (χ1v) is 9.10. The molecule has 0 saturated heterocycles. The average molecular weight is 389 g/mol. The molecule has 0 aliphatic carbocycles. The van der Waals surface area contributed by atoms with Gasteiger partial charge in [-0.05, 0) is 42.3 Å². The highest BCUT2D eigenvalue weighted by Gasteiger charge is 2.24. The zero-order valence-electron chi connectivity index (χ0n) is 15.2. The van der Waals surface area contributed by atoms with Gasteiger partial charge in [-0.25, -0.2) is 0 Å². The Hall–Kier alpha value is -2.73. The van der Waals surface area contributed by atoms with Crippen molar-refractivity contribution < 1.29 is 19.1 Å². The molecule has 0 saturated carbocycles. The predicted octanol–water partition coefficient (Wildman–Crippen LogP) is 3.35. The molecule has 1 aliphatic heterocycles. The van der Waals surface area contributed by atoms with Gasteiger partial charge in [-0.3, -0.25) is 9.59 Å². The van der Waals surface area contributed by atoms with E-state index in [0.29, 0.717) is 18.0 Å². The van der Waals surface area contributed by atoms with Gasteiger partial charge in [-0.2, -0.15) is 0 Å². The molecule has 1 atom stereocenters. The highest BCUT2D eigenvalue weighted by molar-refractivity contribution is 6.27. The fraction of sp³-hybridized carbons (Fsp3) is 0.300. The maximum atomic E-state index is 12.5. The largest absolute Gasteiger partial charge is 0.497 e. The van der Waals surface area contributed by atoms with Gasteiger partial charge in [-0.1, -0.05) is 18.2 Å². The quantitative estimate of drug-likeness (QED) is 0.770. The van der Waals surface area contributed by atoms with Gasteiger partial charge in [-0.15, -0.1) is 11.6 Å². The number of halogens is 1. The molecular formula is C20H21ClN2O4. The van der Waals surface area contributed by atoms with Crippen molar-refractivity contribution in [3.63, 3.8) is 0 Å². The molecule has 0 aromatic heterocycles. The van der Waals surface area contributed by atoms with E-state index >= 15 is 0 Å². The molecule has 3 rings (SSSR count). The summed E-state index contributed by atoms with van der Waals surface area (Å²) >= 11 is 5.84. The van der Waals surface area contributed by atoms with Crippen LogP contribution < -0.4 is 14.8 Å². The zero-order chi connectivity index (χ0) is 19.4. The number of carbonyl (C=O) groups excluding carboxylic acids is 2. The Morgan fingerprint density at radius 2 is 2.15 bits per heavy atom. The van der Waals surface area contributed by atoms with Gasteiger partial charge >= 0.3 is 0 Å². The number of ether oxygens (including phenoxy) is 2. The summed E-state index contributed by atoms with van der Waals surface area (Å²) in [5.74, 6) is 0.863. The minimum absolute atomic E-state index is 0.00853. The molecule has 1 N–H and O–H groups in total. The normalized spacial score (nSPS) is 13.8. The first kappa shape index (κ1) is 19.0. The summed E-state index contributed by atoms with van der Waals surface area (Å²) in [6.45, 7) is 2.33. The van der Waals surface area contributed by atoms with Crippen LogP contribution in [0.2, 0.25) is 0 Å². The Morgan fingerprint density at radius 3 is 2.89 bits per heavy atom. The number of anilines is 1. The van der Waals surface area contributed by atoms with Gasteiger partial charge in [0.05, 0.1) is 18.8 Å². The third kappa shape index (κ3) is 4.34. The standard InChI is InChI=1S/C20H21ClN2O4/c1-13(15-6-7-18-17(9-15)22-19(24)12-27-18)23(20(25)10-21)11-14-4-3-5-16(8-14)26-2/h3-9,13H,10-12H2,1-2H3,(H,22,24). The van der Waals surface area contributed by atoms with Crippen LogP contribution in [0.1, 0.15) is 24.1 Å². The van der Waals surface area contributed by atoms with Crippen LogP contribution >= 0.6 is 11.6 Å². The Morgan fingerprint density at radius 1 is 1.33 bits per heavy atom. The minimum Gasteiger partial charge on any atom is -0.497 e. The summed E-state index contributed by atoms with van der Waals surface area (Å²) in [5.41, 5.74) is 2.42. The van der Waals surface area contributed by atoms with Gasteiger partial charge < -0.3 is 19.7 Å². The van der Waals surface area contributed by atoms with Crippen molar-refractivity contribution in [1.29, 1.82) is 0 Å². The van der Waals surface area contributed by atoms with Crippen molar-refractivity contribution in [1.82, 2.24) is 4.90 Å². The van der Waals surface area contributed by atoms with Gasteiger partial charge in [0, 0.05) is 6.54 Å². The van der Waals surface area contributed by atoms with Crippen LogP contribution in [-0.4, -0.2) is 36.3 Å². The SMILES string of the molecule is COc1cccc(CN(C(=O)CCl)C(C)c2ccc3c(c2)NC(=O)CO3)c1. The molecule has 2 aromatic carbocycles. The van der Waals surface area contributed by atoms with Crippen molar-refractivity contribution in [3.8, 4) is 11.5 Å². The van der Waals surface area contributed by atoms with Crippen LogP contribution in [0.5, 0.6) is 11.5 Å². The van der Waals surface area contributed by atoms with Crippen molar-refractivity contribution in [2.75, 3.05) is 24.9 Å². The Balaban J connectivity index is 1.87. The molecule has 0 radical (unpaired) electrons. The number of alkyl halides is 1. The lowest BCUT2D eigenvalue weighted by Gasteiger charge is -2.30. The molecule has 1 aliphatic rings. The van der Waals surface area contributed by atoms with E-state index in [-0.39, 0.29) is 30.3 Å². The van der Waals surface area contributed by atoms with E-state index in [1.165, 1.54) is 0 Å². The number of nitrogens with zero attached hydrogens (tertiary/aromatic N) is 1. The van der Waals surface area contributed by atoms with Crippen LogP contribution in [0, 0.1) is 0 Å². The second kappa shape index (κ2) is 8.31. The van der Waals surface area contributed by atoms with Crippen LogP contribution in [-0.2, 0) is 16.1 Å². The summed E-state index contributed by atoms with van der Waals surface area (Å²) in [7, 11) is 1.60. The monoisotopic (exact) mass is 388 g/mol. The second-order valence-electron chi connectivity index (χ2n) is 6.28. The van der Waals surface area contributed by atoms with E-state index in [9.17, 15) is 9.59 Å². The molecule has 2 aromatic rings. The van der Waals surface area contributed by atoms with Gasteiger partial charge in [0.2, 0.25) is 5.91 Å². The van der Waals surface area contributed by atoms with Crippen molar-refractivity contribution in [3.05, 3.63) is 53.6 Å². The van der Waals surface area contributed by atoms with Crippen molar-refractivity contribution >= 4 is 29.1 Å². The van der Waals surface area contributed by atoms with Gasteiger partial charge in [0.1, 0.15) is 17.4 Å². The average Bonchev–Trinajstić information content (AvgIpc) is 2.70. The molecular weight excluding hydrogens is 368 g/mol. The fourth-order valence-electron chi connectivity index (χ4n) is 3.03. The lowest BCUT2D eigenvalue weighted by Crippen LogP contribution is -2.34. The van der Waals surface area contributed by atoms with E-state index in [0.717, 1.165) is 16.9 Å². The number of rotatable bonds is 6. The van der Waals surface area contributed by atoms with E-state index in [2.05, 4.69) is 5.32 Å². The number of nitrogens with one attached hydrogen (secondary N) is 1. The Bertz CT molecular complexity index is 856. The maximum absolute atomic E-state index is 12.5. The smallest absolute Gasteiger partial charge is 0.262 e. The molecule has 0 fully saturated rings. The van der Waals surface area contributed by atoms with E-state index < -0.39 is 0 Å². The summed E-state index contributed by atoms with van der Waals surface area (Å²) in [6, 6.07) is 12.8. The maximum Gasteiger partial charge on any atom is 0.262 e. The molecule has 1 heterocycles. The lowest BCUT2D eigenvalue weighted by molar-refractivity contribution is -0.131. The number of carbonyl (C=O) groups is 2. The van der Waals surface area contributed by atoms with E-state index in [1.807, 2.05) is 43.3 Å². The minimum atomic E-state index is -0.244. The summed E-state index contributed by atoms with van der Waals surface area (Å²) in [6.07, 6.45) is 0. The molecule has 0 spiro atoms. The first-order valence-electron chi connectivity index (χ1n) is 8.56. The Labute approximate surface area is 163 Å². The molecule has 1 unspecified atom stereocenters. The zero-order valence-corrected chi connectivity index (χ0v) is 16.0. The third-order valence-corrected chi connectivity index (χ3v) is 4.74. The fourth-order valence-corrected chi connectivity index (χ4v) is 3.18. The van der Waals surface area contributed by atoms with Crippen LogP contribution in [0.25, 0.3) is 0 Å². The molecule has 6 nitrogen and oxygen atoms in total. The first-order chi connectivity index (χ1) is 13.0. The van der Waals surface area contributed by atoms with Crippen LogP contribution in [0.4, 0.5) is 5.69 Å². The van der Waals surface area contributed by atoms with Gasteiger partial charge in [0.15, 0.2) is 6.61 Å². The molecule has 142 valence electrons. The number of fused-ring (bicyclic) bond motifs is 1. The third-order valence-electron chi connectivity index (χ3n) is 4.51. The predicted molar refractivity (Wildman–Crippen MR) is 103 cm³/mol. The van der Waals surface area contributed by atoms with Crippen molar-refractivity contribution in [2.45, 2.75) is 19.5 Å². The Kier molecular flexibility index (Phi) is 5.86. The number of benzene rings is 2. The number of hydrogen-bond acceptors (Lipinski definition) is 4. The topological polar surface area (TPSA) is 67.9 Å². The highest BCUT2D eigenvalue weighted by atomic mass is 35.5. The number of hydrogen-bond donors (Lipinski definition) is 1. The number of methoxy groups -OCH3 is 1. The van der Waals surface area contributed by atoms with E-state index in [4.69, 9.17) is 21.1 Å². The van der Waals surface area contributed by atoms with Gasteiger partial charge in [0.25, 0.3) is 5.91 Å². The van der Waals surface area contributed by atoms with Crippen LogP contribution in [0.15, 0.2) is 42.5 Å². The molecule has 2 amide bonds. The highest BCUT2D eigenvalue weighted by Crippen LogP contribution is 2.33. The number of amides is 2. The van der Waals surface area contributed by atoms with Crippen molar-refractivity contribution in [2.24, 2.45) is 0 Å². The second-order valence-corrected chi connectivity index (χ2v) is 6.54. The summed E-state index contributed by atoms with van der Waals surface area (Å²) in [4.78, 5) is 25.8. The van der Waals surface area contributed by atoms with Crippen LogP contribution in [0.3, 0.4) is 0 Å². The van der Waals surface area contributed by atoms with E-state index in [1.54, 1.807) is 18.1 Å². The summed E-state index contributed by atoms with van der Waals surface area (Å²) in [5, 5.41) is 2.79. The summed E-state index contributed by atoms with van der Waals surface area (Å²) < 4.78 is 10.7. The molecule has 0 bridgehead atoms. The molecule has 7 heteroatoms. The lowest BCUT2D eigenvalue weighted by atomic mass is 10.0.